The van der Waals surface area contributed by atoms with Crippen LogP contribution in [-0.2, 0) is 27.9 Å². The van der Waals surface area contributed by atoms with E-state index in [0.29, 0.717) is 17.8 Å². The second kappa shape index (κ2) is 10.4. The van der Waals surface area contributed by atoms with Crippen LogP contribution >= 0.6 is 11.3 Å². The molecule has 0 bridgehead atoms. The van der Waals surface area contributed by atoms with E-state index in [2.05, 4.69) is 5.32 Å². The molecule has 6 nitrogen and oxygen atoms in total. The summed E-state index contributed by atoms with van der Waals surface area (Å²) in [7, 11) is -3.35. The maximum Gasteiger partial charge on any atom is 0.322 e. The summed E-state index contributed by atoms with van der Waals surface area (Å²) >= 11 is 1.55. The molecule has 0 aliphatic carbocycles. The van der Waals surface area contributed by atoms with Gasteiger partial charge in [-0.25, -0.2) is 13.2 Å². The van der Waals surface area contributed by atoms with E-state index in [1.54, 1.807) is 47.7 Å². The van der Waals surface area contributed by atoms with Gasteiger partial charge in [-0.1, -0.05) is 42.5 Å². The van der Waals surface area contributed by atoms with E-state index < -0.39 is 9.84 Å². The number of nitrogens with one attached hydrogen (secondary N) is 1. The SMILES string of the molecule is O=C(Nc1cccc(CS(=O)(=O)Cc2ccccc2)c1)N(CCO)Cc1ccsc1. The molecule has 0 saturated heterocycles. The van der Waals surface area contributed by atoms with Crippen molar-refractivity contribution in [3.05, 3.63) is 88.1 Å². The first-order valence-corrected chi connectivity index (χ1v) is 12.2. The average Bonchev–Trinajstić information content (AvgIpc) is 3.21. The summed E-state index contributed by atoms with van der Waals surface area (Å²) in [4.78, 5) is 14.2. The fourth-order valence-electron chi connectivity index (χ4n) is 3.05. The molecule has 1 heterocycles. The monoisotopic (exact) mass is 444 g/mol. The van der Waals surface area contributed by atoms with Crippen LogP contribution < -0.4 is 5.32 Å². The Balaban J connectivity index is 1.66. The van der Waals surface area contributed by atoms with E-state index >= 15 is 0 Å². The topological polar surface area (TPSA) is 86.7 Å². The van der Waals surface area contributed by atoms with Crippen LogP contribution in [0.4, 0.5) is 10.5 Å². The van der Waals surface area contributed by atoms with Crippen molar-refractivity contribution >= 4 is 32.9 Å². The highest BCUT2D eigenvalue weighted by molar-refractivity contribution is 7.89. The lowest BCUT2D eigenvalue weighted by atomic mass is 10.2. The molecule has 0 spiro atoms. The number of rotatable bonds is 9. The summed E-state index contributed by atoms with van der Waals surface area (Å²) in [5.74, 6) is -0.143. The van der Waals surface area contributed by atoms with Crippen LogP contribution in [0.25, 0.3) is 0 Å². The number of urea groups is 1. The maximum absolute atomic E-state index is 12.7. The zero-order chi connectivity index (χ0) is 21.4. The van der Waals surface area contributed by atoms with Crippen LogP contribution in [0.2, 0.25) is 0 Å². The minimum atomic E-state index is -3.35. The van der Waals surface area contributed by atoms with E-state index in [-0.39, 0.29) is 30.7 Å². The second-order valence-electron chi connectivity index (χ2n) is 6.93. The third kappa shape index (κ3) is 6.69. The Morgan fingerprint density at radius 2 is 1.70 bits per heavy atom. The van der Waals surface area contributed by atoms with E-state index in [0.717, 1.165) is 11.1 Å². The zero-order valence-electron chi connectivity index (χ0n) is 16.4. The Hall–Kier alpha value is -2.68. The van der Waals surface area contributed by atoms with Gasteiger partial charge in [-0.15, -0.1) is 0 Å². The molecule has 30 heavy (non-hydrogen) atoms. The Bertz CT molecular complexity index is 1050. The van der Waals surface area contributed by atoms with Crippen molar-refractivity contribution in [3.8, 4) is 0 Å². The van der Waals surface area contributed by atoms with Gasteiger partial charge in [-0.05, 0) is 45.6 Å². The lowest BCUT2D eigenvalue weighted by Gasteiger charge is -2.22. The highest BCUT2D eigenvalue weighted by Crippen LogP contribution is 2.17. The van der Waals surface area contributed by atoms with Gasteiger partial charge >= 0.3 is 6.03 Å². The summed E-state index contributed by atoms with van der Waals surface area (Å²) < 4.78 is 25.1. The van der Waals surface area contributed by atoms with Crippen LogP contribution in [0, 0.1) is 0 Å². The first-order valence-electron chi connectivity index (χ1n) is 9.46. The lowest BCUT2D eigenvalue weighted by Crippen LogP contribution is -2.36. The molecule has 0 aliphatic rings. The average molecular weight is 445 g/mol. The quantitative estimate of drug-likeness (QED) is 0.524. The van der Waals surface area contributed by atoms with Crippen LogP contribution in [-0.4, -0.2) is 37.6 Å². The molecule has 3 aromatic rings. The number of aliphatic hydroxyl groups is 1. The molecule has 2 aromatic carbocycles. The van der Waals surface area contributed by atoms with Gasteiger partial charge in [0.15, 0.2) is 9.84 Å². The fraction of sp³-hybridized carbons (Fsp3) is 0.227. The van der Waals surface area contributed by atoms with Gasteiger partial charge in [0.2, 0.25) is 0 Å². The van der Waals surface area contributed by atoms with Gasteiger partial charge in [-0.3, -0.25) is 0 Å². The number of amides is 2. The van der Waals surface area contributed by atoms with Gasteiger partial charge in [0.05, 0.1) is 18.1 Å². The van der Waals surface area contributed by atoms with Crippen LogP contribution in [0.15, 0.2) is 71.4 Å². The zero-order valence-corrected chi connectivity index (χ0v) is 18.0. The Kier molecular flexibility index (Phi) is 7.62. The number of nitrogens with zero attached hydrogens (tertiary/aromatic N) is 1. The van der Waals surface area contributed by atoms with Crippen molar-refractivity contribution in [3.63, 3.8) is 0 Å². The van der Waals surface area contributed by atoms with Crippen molar-refractivity contribution in [1.82, 2.24) is 4.90 Å². The predicted molar refractivity (Wildman–Crippen MR) is 120 cm³/mol. The number of carbonyl (C=O) groups excluding carboxylic acids is 1. The number of sulfone groups is 1. The smallest absolute Gasteiger partial charge is 0.322 e. The van der Waals surface area contributed by atoms with E-state index in [4.69, 9.17) is 0 Å². The van der Waals surface area contributed by atoms with Gasteiger partial charge in [0.1, 0.15) is 0 Å². The number of hydrogen-bond acceptors (Lipinski definition) is 5. The standard InChI is InChI=1S/C22H24N2O4S2/c25-11-10-24(14-20-9-12-29-15-20)22(26)23-21-8-4-7-19(13-21)17-30(27,28)16-18-5-2-1-3-6-18/h1-9,12-13,15,25H,10-11,14,16-17H2,(H,23,26). The van der Waals surface area contributed by atoms with Gasteiger partial charge < -0.3 is 15.3 Å². The Morgan fingerprint density at radius 3 is 2.40 bits per heavy atom. The number of aliphatic hydroxyl groups excluding tert-OH is 1. The molecule has 0 saturated carbocycles. The molecule has 1 aromatic heterocycles. The van der Waals surface area contributed by atoms with E-state index in [9.17, 15) is 18.3 Å². The molecular formula is C22H24N2O4S2. The van der Waals surface area contributed by atoms with Crippen molar-refractivity contribution in [2.75, 3.05) is 18.5 Å². The van der Waals surface area contributed by atoms with Crippen molar-refractivity contribution in [2.45, 2.75) is 18.1 Å². The van der Waals surface area contributed by atoms with Crippen molar-refractivity contribution in [2.24, 2.45) is 0 Å². The van der Waals surface area contributed by atoms with Gasteiger partial charge in [0.25, 0.3) is 0 Å². The molecule has 2 amide bonds. The van der Waals surface area contributed by atoms with Gasteiger partial charge in [-0.2, -0.15) is 11.3 Å². The van der Waals surface area contributed by atoms with Crippen LogP contribution in [0.1, 0.15) is 16.7 Å². The third-order valence-electron chi connectivity index (χ3n) is 4.40. The van der Waals surface area contributed by atoms with E-state index in [1.807, 2.05) is 35.0 Å². The number of thiophene rings is 1. The van der Waals surface area contributed by atoms with E-state index in [1.165, 1.54) is 4.90 Å². The first-order chi connectivity index (χ1) is 14.4. The highest BCUT2D eigenvalue weighted by atomic mass is 32.2. The summed E-state index contributed by atoms with van der Waals surface area (Å²) in [6.45, 7) is 0.448. The molecular weight excluding hydrogens is 420 g/mol. The predicted octanol–water partition coefficient (Wildman–Crippen LogP) is 3.89. The Morgan fingerprint density at radius 1 is 0.967 bits per heavy atom. The molecule has 158 valence electrons. The maximum atomic E-state index is 12.7. The number of carbonyl (C=O) groups is 1. The van der Waals surface area contributed by atoms with Crippen LogP contribution in [0.5, 0.6) is 0 Å². The molecule has 0 radical (unpaired) electrons. The largest absolute Gasteiger partial charge is 0.395 e. The summed E-state index contributed by atoms with van der Waals surface area (Å²) in [5, 5.41) is 16.0. The normalized spacial score (nSPS) is 11.2. The highest BCUT2D eigenvalue weighted by Gasteiger charge is 2.16. The third-order valence-corrected chi connectivity index (χ3v) is 6.68. The summed E-state index contributed by atoms with van der Waals surface area (Å²) in [5.41, 5.74) is 2.86. The minimum Gasteiger partial charge on any atom is -0.395 e. The number of anilines is 1. The summed E-state index contributed by atoms with van der Waals surface area (Å²) in [6, 6.07) is 17.5. The molecule has 0 fully saturated rings. The molecule has 3 rings (SSSR count). The molecule has 0 unspecified atom stereocenters. The first kappa shape index (κ1) is 22.0. The second-order valence-corrected chi connectivity index (χ2v) is 9.77. The molecule has 0 atom stereocenters. The summed E-state index contributed by atoms with van der Waals surface area (Å²) in [6.07, 6.45) is 0. The van der Waals surface area contributed by atoms with Gasteiger partial charge in [0, 0.05) is 18.8 Å². The fourth-order valence-corrected chi connectivity index (χ4v) is 5.20. The van der Waals surface area contributed by atoms with Crippen molar-refractivity contribution in [1.29, 1.82) is 0 Å². The number of benzene rings is 2. The van der Waals surface area contributed by atoms with Crippen molar-refractivity contribution < 1.29 is 18.3 Å². The molecule has 2 N–H and O–H groups in total. The molecule has 8 heteroatoms. The lowest BCUT2D eigenvalue weighted by molar-refractivity contribution is 0.185. The Labute approximate surface area is 180 Å². The van der Waals surface area contributed by atoms with Crippen LogP contribution in [0.3, 0.4) is 0 Å². The number of hydrogen-bond donors (Lipinski definition) is 2. The molecule has 0 aliphatic heterocycles. The minimum absolute atomic E-state index is 0.0324.